The predicted octanol–water partition coefficient (Wildman–Crippen LogP) is 3.69. The molecular weight excluding hydrogens is 404 g/mol. The zero-order valence-corrected chi connectivity index (χ0v) is 19.0. The standard InChI is InChI=1S/C26H34N2O4/c1-3-27-25(29)21-8-11-22(16-21)28(2)26(30)20-6-4-18(5-7-20)19-9-12-23(13-10-19)32-24-14-15-31-17-24/h4-7,9-10,12-13,21-22,24-25,27,29H,3,8,11,14-17H2,1-2H3/t21-,22+,24+,25?/m0/s1. The summed E-state index contributed by atoms with van der Waals surface area (Å²) in [7, 11) is 1.87. The Bertz CT molecular complexity index is 878. The van der Waals surface area contributed by atoms with Gasteiger partial charge in [0.15, 0.2) is 0 Å². The first-order chi connectivity index (χ1) is 15.5. The molecule has 1 saturated heterocycles. The lowest BCUT2D eigenvalue weighted by molar-refractivity contribution is 0.0650. The second kappa shape index (κ2) is 10.5. The minimum Gasteiger partial charge on any atom is -0.488 e. The maximum Gasteiger partial charge on any atom is 0.253 e. The van der Waals surface area contributed by atoms with Crippen LogP contribution in [0.2, 0.25) is 0 Å². The number of rotatable bonds is 8. The molecule has 0 bridgehead atoms. The van der Waals surface area contributed by atoms with Crippen molar-refractivity contribution in [2.75, 3.05) is 26.8 Å². The lowest BCUT2D eigenvalue weighted by atomic mass is 10.0. The summed E-state index contributed by atoms with van der Waals surface area (Å²) in [6.07, 6.45) is 3.28. The number of carbonyl (C=O) groups excluding carboxylic acids is 1. The van der Waals surface area contributed by atoms with Crippen LogP contribution in [-0.2, 0) is 4.74 Å². The first-order valence-corrected chi connectivity index (χ1v) is 11.7. The SMILES string of the molecule is CCNC(O)[C@H]1CC[C@@H](N(C)C(=O)c2ccc(-c3ccc(O[C@@H]4CCOC4)cc3)cc2)C1. The molecule has 1 amide bonds. The third-order valence-electron chi connectivity index (χ3n) is 6.68. The van der Waals surface area contributed by atoms with Crippen molar-refractivity contribution >= 4 is 5.91 Å². The average molecular weight is 439 g/mol. The van der Waals surface area contributed by atoms with Gasteiger partial charge in [0.25, 0.3) is 5.91 Å². The molecule has 4 atom stereocenters. The zero-order chi connectivity index (χ0) is 22.5. The van der Waals surface area contributed by atoms with Crippen LogP contribution >= 0.6 is 0 Å². The van der Waals surface area contributed by atoms with E-state index in [1.165, 1.54) is 0 Å². The van der Waals surface area contributed by atoms with E-state index in [1.54, 1.807) is 0 Å². The maximum atomic E-state index is 13.0. The van der Waals surface area contributed by atoms with E-state index in [0.29, 0.717) is 12.2 Å². The maximum absolute atomic E-state index is 13.0. The van der Waals surface area contributed by atoms with Gasteiger partial charge in [0.05, 0.1) is 13.2 Å². The largest absolute Gasteiger partial charge is 0.488 e. The Morgan fingerprint density at radius 3 is 2.44 bits per heavy atom. The molecule has 2 N–H and O–H groups in total. The zero-order valence-electron chi connectivity index (χ0n) is 19.0. The van der Waals surface area contributed by atoms with Gasteiger partial charge in [-0.3, -0.25) is 10.1 Å². The van der Waals surface area contributed by atoms with Crippen molar-refractivity contribution in [3.8, 4) is 16.9 Å². The first kappa shape index (κ1) is 22.8. The van der Waals surface area contributed by atoms with Crippen LogP contribution in [0.4, 0.5) is 0 Å². The molecule has 6 nitrogen and oxygen atoms in total. The molecule has 2 aliphatic rings. The molecule has 32 heavy (non-hydrogen) atoms. The molecule has 1 aliphatic carbocycles. The molecule has 1 aliphatic heterocycles. The number of amides is 1. The van der Waals surface area contributed by atoms with Crippen molar-refractivity contribution in [3.05, 3.63) is 54.1 Å². The van der Waals surface area contributed by atoms with Gasteiger partial charge >= 0.3 is 0 Å². The van der Waals surface area contributed by atoms with Crippen LogP contribution in [0.25, 0.3) is 11.1 Å². The van der Waals surface area contributed by atoms with Crippen LogP contribution in [0.3, 0.4) is 0 Å². The lowest BCUT2D eigenvalue weighted by Crippen LogP contribution is -2.38. The molecule has 172 valence electrons. The molecule has 1 unspecified atom stereocenters. The Labute approximate surface area is 190 Å². The van der Waals surface area contributed by atoms with E-state index >= 15 is 0 Å². The lowest BCUT2D eigenvalue weighted by Gasteiger charge is -2.26. The van der Waals surface area contributed by atoms with Gasteiger partial charge in [0.1, 0.15) is 18.1 Å². The molecule has 0 radical (unpaired) electrons. The van der Waals surface area contributed by atoms with Crippen molar-refractivity contribution in [1.82, 2.24) is 10.2 Å². The molecule has 0 aromatic heterocycles. The second-order valence-corrected chi connectivity index (χ2v) is 8.85. The molecule has 6 heteroatoms. The topological polar surface area (TPSA) is 71.0 Å². The van der Waals surface area contributed by atoms with Crippen LogP contribution in [0.15, 0.2) is 48.5 Å². The normalized spacial score (nSPS) is 23.8. The molecular formula is C26H34N2O4. The Morgan fingerprint density at radius 2 is 1.81 bits per heavy atom. The number of benzene rings is 2. The van der Waals surface area contributed by atoms with Crippen LogP contribution in [-0.4, -0.2) is 61.1 Å². The molecule has 1 heterocycles. The number of ether oxygens (including phenoxy) is 2. The van der Waals surface area contributed by atoms with Gasteiger partial charge in [-0.25, -0.2) is 0 Å². The molecule has 4 rings (SSSR count). The number of nitrogens with zero attached hydrogens (tertiary/aromatic N) is 1. The van der Waals surface area contributed by atoms with Gasteiger partial charge in [-0.15, -0.1) is 0 Å². The monoisotopic (exact) mass is 438 g/mol. The van der Waals surface area contributed by atoms with Gasteiger partial charge < -0.3 is 19.5 Å². The summed E-state index contributed by atoms with van der Waals surface area (Å²) in [5.41, 5.74) is 2.84. The average Bonchev–Trinajstić information content (AvgIpc) is 3.51. The summed E-state index contributed by atoms with van der Waals surface area (Å²) in [5, 5.41) is 13.3. The van der Waals surface area contributed by atoms with Crippen molar-refractivity contribution in [2.45, 2.75) is 51.0 Å². The Hall–Kier alpha value is -2.41. The molecule has 1 saturated carbocycles. The number of hydrogen-bond donors (Lipinski definition) is 2. The quantitative estimate of drug-likeness (QED) is 0.615. The van der Waals surface area contributed by atoms with Crippen molar-refractivity contribution in [3.63, 3.8) is 0 Å². The summed E-state index contributed by atoms with van der Waals surface area (Å²) in [5.74, 6) is 1.08. The third-order valence-corrected chi connectivity index (χ3v) is 6.68. The molecule has 2 aromatic carbocycles. The molecule has 0 spiro atoms. The highest BCUT2D eigenvalue weighted by Crippen LogP contribution is 2.31. The molecule has 2 fully saturated rings. The van der Waals surface area contributed by atoms with Crippen LogP contribution in [0, 0.1) is 5.92 Å². The fourth-order valence-corrected chi connectivity index (χ4v) is 4.70. The molecule has 2 aromatic rings. The highest BCUT2D eigenvalue weighted by molar-refractivity contribution is 5.94. The van der Waals surface area contributed by atoms with E-state index in [4.69, 9.17) is 9.47 Å². The number of hydrogen-bond acceptors (Lipinski definition) is 5. The number of carbonyl (C=O) groups is 1. The van der Waals surface area contributed by atoms with Gasteiger partial charge in [0.2, 0.25) is 0 Å². The summed E-state index contributed by atoms with van der Waals surface area (Å²) in [6.45, 7) is 4.16. The van der Waals surface area contributed by atoms with Gasteiger partial charge in [0, 0.05) is 31.0 Å². The van der Waals surface area contributed by atoms with E-state index in [9.17, 15) is 9.90 Å². The Morgan fingerprint density at radius 1 is 1.12 bits per heavy atom. The summed E-state index contributed by atoms with van der Waals surface area (Å²) in [4.78, 5) is 14.9. The number of aliphatic hydroxyl groups excluding tert-OH is 1. The number of nitrogens with one attached hydrogen (secondary N) is 1. The van der Waals surface area contributed by atoms with Gasteiger partial charge in [-0.1, -0.05) is 31.2 Å². The van der Waals surface area contributed by atoms with E-state index < -0.39 is 6.23 Å². The van der Waals surface area contributed by atoms with E-state index in [2.05, 4.69) is 5.32 Å². The Kier molecular flexibility index (Phi) is 7.45. The van der Waals surface area contributed by atoms with Crippen LogP contribution in [0.1, 0.15) is 43.0 Å². The highest BCUT2D eigenvalue weighted by atomic mass is 16.5. The third kappa shape index (κ3) is 5.31. The number of aliphatic hydroxyl groups is 1. The smallest absolute Gasteiger partial charge is 0.253 e. The fourth-order valence-electron chi connectivity index (χ4n) is 4.70. The van der Waals surface area contributed by atoms with Crippen molar-refractivity contribution in [1.29, 1.82) is 0 Å². The van der Waals surface area contributed by atoms with Gasteiger partial charge in [-0.05, 0) is 61.2 Å². The van der Waals surface area contributed by atoms with Crippen molar-refractivity contribution in [2.24, 2.45) is 5.92 Å². The highest BCUT2D eigenvalue weighted by Gasteiger charge is 2.33. The summed E-state index contributed by atoms with van der Waals surface area (Å²) >= 11 is 0. The summed E-state index contributed by atoms with van der Waals surface area (Å²) < 4.78 is 11.3. The minimum atomic E-state index is -0.490. The van der Waals surface area contributed by atoms with Crippen LogP contribution < -0.4 is 10.1 Å². The Balaban J connectivity index is 1.35. The summed E-state index contributed by atoms with van der Waals surface area (Å²) in [6, 6.07) is 16.0. The fraction of sp³-hybridized carbons (Fsp3) is 0.500. The predicted molar refractivity (Wildman–Crippen MR) is 125 cm³/mol. The van der Waals surface area contributed by atoms with Crippen molar-refractivity contribution < 1.29 is 19.4 Å². The first-order valence-electron chi connectivity index (χ1n) is 11.7. The van der Waals surface area contributed by atoms with E-state index in [-0.39, 0.29) is 24.0 Å². The minimum absolute atomic E-state index is 0.0303. The second-order valence-electron chi connectivity index (χ2n) is 8.85. The van der Waals surface area contributed by atoms with E-state index in [0.717, 1.165) is 55.7 Å². The van der Waals surface area contributed by atoms with E-state index in [1.807, 2.05) is 67.4 Å². The van der Waals surface area contributed by atoms with Crippen LogP contribution in [0.5, 0.6) is 5.75 Å². The van der Waals surface area contributed by atoms with Gasteiger partial charge in [-0.2, -0.15) is 0 Å².